The molecule has 2 unspecified atom stereocenters. The minimum absolute atomic E-state index is 0.0572. The number of methoxy groups -OCH3 is 1. The maximum atomic E-state index is 12.6. The van der Waals surface area contributed by atoms with Crippen LogP contribution in [0, 0.1) is 11.3 Å². The van der Waals surface area contributed by atoms with Crippen molar-refractivity contribution in [1.82, 2.24) is 4.90 Å². The number of ether oxygens (including phenoxy) is 1. The van der Waals surface area contributed by atoms with Gasteiger partial charge in [-0.2, -0.15) is 0 Å². The summed E-state index contributed by atoms with van der Waals surface area (Å²) in [5.41, 5.74) is 1.03. The Labute approximate surface area is 153 Å². The van der Waals surface area contributed by atoms with Gasteiger partial charge in [-0.25, -0.2) is 4.79 Å². The molecular weight excluding hydrogens is 334 g/mol. The summed E-state index contributed by atoms with van der Waals surface area (Å²) in [5, 5.41) is 12.5. The molecule has 2 N–H and O–H groups in total. The fourth-order valence-electron chi connectivity index (χ4n) is 3.65. The molecular formula is C19H27N3O4. The molecule has 26 heavy (non-hydrogen) atoms. The molecule has 3 amide bonds. The Hall–Kier alpha value is -2.28. The molecule has 0 radical (unpaired) electrons. The number of anilines is 2. The second-order valence-corrected chi connectivity index (χ2v) is 7.56. The summed E-state index contributed by atoms with van der Waals surface area (Å²) in [6.07, 6.45) is 1.36. The lowest BCUT2D eigenvalue weighted by Gasteiger charge is -2.25. The van der Waals surface area contributed by atoms with E-state index in [9.17, 15) is 14.7 Å². The summed E-state index contributed by atoms with van der Waals surface area (Å²) < 4.78 is 5.38. The summed E-state index contributed by atoms with van der Waals surface area (Å²) in [7, 11) is 1.57. The summed E-state index contributed by atoms with van der Waals surface area (Å²) in [6, 6.07) is 5.12. The maximum absolute atomic E-state index is 12.6. The van der Waals surface area contributed by atoms with Crippen molar-refractivity contribution in [3.63, 3.8) is 0 Å². The summed E-state index contributed by atoms with van der Waals surface area (Å²) in [5.74, 6) is 0.909. The number of amides is 3. The Kier molecular flexibility index (Phi) is 5.09. The van der Waals surface area contributed by atoms with Crippen LogP contribution in [-0.2, 0) is 4.79 Å². The smallest absolute Gasteiger partial charge is 0.321 e. The lowest BCUT2D eigenvalue weighted by Crippen LogP contribution is -2.35. The Morgan fingerprint density at radius 3 is 2.81 bits per heavy atom. The number of urea groups is 1. The van der Waals surface area contributed by atoms with Gasteiger partial charge < -0.3 is 25.0 Å². The third kappa shape index (κ3) is 3.35. The number of nitrogens with zero attached hydrogens (tertiary/aromatic N) is 2. The SMILES string of the molecule is COc1ccc(NC(=O)N2CC(C)C(C)(CO)C2)cc1N1CCCC1=O. The van der Waals surface area contributed by atoms with E-state index in [4.69, 9.17) is 4.74 Å². The molecule has 0 spiro atoms. The standard InChI is InChI=1S/C19H27N3O4/c1-13-10-21(11-19(13,2)12-23)18(25)20-14-6-7-16(26-3)15(9-14)22-8-4-5-17(22)24/h6-7,9,13,23H,4-5,8,10-12H2,1-3H3,(H,20,25). The van der Waals surface area contributed by atoms with E-state index in [2.05, 4.69) is 5.32 Å². The molecule has 0 bridgehead atoms. The quantitative estimate of drug-likeness (QED) is 0.862. The van der Waals surface area contributed by atoms with Crippen LogP contribution < -0.4 is 15.0 Å². The molecule has 3 rings (SSSR count). The molecule has 0 aliphatic carbocycles. The van der Waals surface area contributed by atoms with Gasteiger partial charge in [-0.05, 0) is 30.5 Å². The third-order valence-electron chi connectivity index (χ3n) is 5.68. The zero-order valence-corrected chi connectivity index (χ0v) is 15.6. The molecule has 142 valence electrons. The number of benzene rings is 1. The van der Waals surface area contributed by atoms with Crippen LogP contribution in [0.3, 0.4) is 0 Å². The first-order valence-corrected chi connectivity index (χ1v) is 9.03. The molecule has 1 aromatic rings. The van der Waals surface area contributed by atoms with Gasteiger partial charge in [0.2, 0.25) is 5.91 Å². The number of carbonyl (C=O) groups is 2. The van der Waals surface area contributed by atoms with Crippen LogP contribution in [0.4, 0.5) is 16.2 Å². The first kappa shape index (κ1) is 18.5. The van der Waals surface area contributed by atoms with Gasteiger partial charge in [0.05, 0.1) is 19.4 Å². The molecule has 2 saturated heterocycles. The fraction of sp³-hybridized carbons (Fsp3) is 0.579. The number of hydrogen-bond donors (Lipinski definition) is 2. The Morgan fingerprint density at radius 2 is 2.23 bits per heavy atom. The number of aliphatic hydroxyl groups is 1. The summed E-state index contributed by atoms with van der Waals surface area (Å²) >= 11 is 0. The lowest BCUT2D eigenvalue weighted by atomic mass is 9.82. The van der Waals surface area contributed by atoms with Crippen molar-refractivity contribution >= 4 is 23.3 Å². The van der Waals surface area contributed by atoms with Gasteiger partial charge in [0.25, 0.3) is 0 Å². The van der Waals surface area contributed by atoms with E-state index in [-0.39, 0.29) is 29.9 Å². The van der Waals surface area contributed by atoms with E-state index in [1.165, 1.54) is 0 Å². The predicted octanol–water partition coefficient (Wildman–Crippen LogP) is 2.30. The first-order chi connectivity index (χ1) is 12.4. The van der Waals surface area contributed by atoms with Crippen molar-refractivity contribution in [1.29, 1.82) is 0 Å². The van der Waals surface area contributed by atoms with Gasteiger partial charge >= 0.3 is 6.03 Å². The number of hydrogen-bond acceptors (Lipinski definition) is 4. The normalized spacial score (nSPS) is 25.7. The average molecular weight is 361 g/mol. The first-order valence-electron chi connectivity index (χ1n) is 9.03. The molecule has 2 fully saturated rings. The topological polar surface area (TPSA) is 82.1 Å². The summed E-state index contributed by atoms with van der Waals surface area (Å²) in [4.78, 5) is 28.1. The van der Waals surface area contributed by atoms with Gasteiger partial charge in [-0.1, -0.05) is 13.8 Å². The van der Waals surface area contributed by atoms with E-state index in [0.29, 0.717) is 43.2 Å². The van der Waals surface area contributed by atoms with Crippen LogP contribution in [0.5, 0.6) is 5.75 Å². The van der Waals surface area contributed by atoms with E-state index in [0.717, 1.165) is 6.42 Å². The van der Waals surface area contributed by atoms with Gasteiger partial charge in [0.1, 0.15) is 5.75 Å². The van der Waals surface area contributed by atoms with Crippen molar-refractivity contribution in [2.24, 2.45) is 11.3 Å². The second-order valence-electron chi connectivity index (χ2n) is 7.56. The van der Waals surface area contributed by atoms with Crippen LogP contribution in [0.2, 0.25) is 0 Å². The number of aliphatic hydroxyl groups excluding tert-OH is 1. The van der Waals surface area contributed by atoms with Crippen LogP contribution >= 0.6 is 0 Å². The van der Waals surface area contributed by atoms with Gasteiger partial charge in [0.15, 0.2) is 0 Å². The second kappa shape index (κ2) is 7.15. The summed E-state index contributed by atoms with van der Waals surface area (Å²) in [6.45, 7) is 5.89. The van der Waals surface area contributed by atoms with E-state index >= 15 is 0 Å². The van der Waals surface area contributed by atoms with Crippen LogP contribution in [0.25, 0.3) is 0 Å². The molecule has 7 heteroatoms. The van der Waals surface area contributed by atoms with Crippen molar-refractivity contribution in [2.75, 3.05) is 43.6 Å². The molecule has 0 saturated carbocycles. The monoisotopic (exact) mass is 361 g/mol. The largest absolute Gasteiger partial charge is 0.495 e. The number of carbonyl (C=O) groups excluding carboxylic acids is 2. The van der Waals surface area contributed by atoms with Crippen LogP contribution in [0.15, 0.2) is 18.2 Å². The molecule has 7 nitrogen and oxygen atoms in total. The Balaban J connectivity index is 1.76. The van der Waals surface area contributed by atoms with Crippen molar-refractivity contribution in [3.05, 3.63) is 18.2 Å². The molecule has 0 aromatic heterocycles. The van der Waals surface area contributed by atoms with E-state index in [1.807, 2.05) is 13.8 Å². The molecule has 2 atom stereocenters. The number of rotatable bonds is 4. The molecule has 2 aliphatic heterocycles. The number of nitrogens with one attached hydrogen (secondary N) is 1. The van der Waals surface area contributed by atoms with Gasteiger partial charge in [-0.3, -0.25) is 4.79 Å². The minimum atomic E-state index is -0.273. The van der Waals surface area contributed by atoms with Crippen molar-refractivity contribution in [2.45, 2.75) is 26.7 Å². The average Bonchev–Trinajstić information content (AvgIpc) is 3.19. The van der Waals surface area contributed by atoms with Gasteiger partial charge in [0, 0.05) is 37.2 Å². The highest BCUT2D eigenvalue weighted by Crippen LogP contribution is 2.36. The van der Waals surface area contributed by atoms with E-state index in [1.54, 1.807) is 35.1 Å². The Morgan fingerprint density at radius 1 is 1.46 bits per heavy atom. The Bertz CT molecular complexity index is 708. The molecule has 2 aliphatic rings. The number of likely N-dealkylation sites (tertiary alicyclic amines) is 1. The van der Waals surface area contributed by atoms with E-state index < -0.39 is 0 Å². The highest BCUT2D eigenvalue weighted by molar-refractivity contribution is 5.98. The van der Waals surface area contributed by atoms with Crippen molar-refractivity contribution in [3.8, 4) is 5.75 Å². The minimum Gasteiger partial charge on any atom is -0.495 e. The molecule has 2 heterocycles. The highest BCUT2D eigenvalue weighted by Gasteiger charge is 2.41. The van der Waals surface area contributed by atoms with Gasteiger partial charge in [-0.15, -0.1) is 0 Å². The third-order valence-corrected chi connectivity index (χ3v) is 5.68. The predicted molar refractivity (Wildman–Crippen MR) is 99.5 cm³/mol. The van der Waals surface area contributed by atoms with Crippen molar-refractivity contribution < 1.29 is 19.4 Å². The fourth-order valence-corrected chi connectivity index (χ4v) is 3.65. The lowest BCUT2D eigenvalue weighted by molar-refractivity contribution is -0.117. The zero-order valence-electron chi connectivity index (χ0n) is 15.6. The zero-order chi connectivity index (χ0) is 18.9. The van der Waals surface area contributed by atoms with Crippen LogP contribution in [-0.4, -0.2) is 55.3 Å². The highest BCUT2D eigenvalue weighted by atomic mass is 16.5. The maximum Gasteiger partial charge on any atom is 0.321 e. The van der Waals surface area contributed by atoms with Crippen LogP contribution in [0.1, 0.15) is 26.7 Å². The molecule has 1 aromatic carbocycles.